The Morgan fingerprint density at radius 3 is 2.94 bits per heavy atom. The Bertz CT molecular complexity index is 347. The van der Waals surface area contributed by atoms with E-state index in [1.54, 1.807) is 6.20 Å². The van der Waals surface area contributed by atoms with Gasteiger partial charge >= 0.3 is 0 Å². The summed E-state index contributed by atoms with van der Waals surface area (Å²) in [6.45, 7) is 1.68. The van der Waals surface area contributed by atoms with E-state index < -0.39 is 0 Å². The Balaban J connectivity index is 2.25. The summed E-state index contributed by atoms with van der Waals surface area (Å²) in [6.07, 6.45) is 5.21. The van der Waals surface area contributed by atoms with Crippen LogP contribution in [0.4, 0.5) is 0 Å². The second kappa shape index (κ2) is 6.12. The molecular formula is C10H19N5O. The monoisotopic (exact) mass is 225 g/mol. The van der Waals surface area contributed by atoms with E-state index in [4.69, 9.17) is 10.9 Å². The van der Waals surface area contributed by atoms with Gasteiger partial charge in [-0.25, -0.2) is 4.98 Å². The van der Waals surface area contributed by atoms with Crippen LogP contribution in [0.15, 0.2) is 17.5 Å². The van der Waals surface area contributed by atoms with E-state index in [-0.39, 0.29) is 5.84 Å². The second-order valence-corrected chi connectivity index (χ2v) is 3.85. The summed E-state index contributed by atoms with van der Waals surface area (Å²) in [5, 5.41) is 11.3. The van der Waals surface area contributed by atoms with Crippen molar-refractivity contribution in [3.63, 3.8) is 0 Å². The van der Waals surface area contributed by atoms with Gasteiger partial charge in [0.2, 0.25) is 0 Å². The molecule has 0 aliphatic heterocycles. The van der Waals surface area contributed by atoms with Gasteiger partial charge in [0.25, 0.3) is 0 Å². The lowest BCUT2D eigenvalue weighted by atomic mass is 10.3. The smallest absolute Gasteiger partial charge is 0.140 e. The summed E-state index contributed by atoms with van der Waals surface area (Å²) in [6, 6.07) is 0. The number of hydrogen-bond donors (Lipinski definition) is 2. The molecule has 0 unspecified atom stereocenters. The van der Waals surface area contributed by atoms with Crippen LogP contribution in [0.25, 0.3) is 0 Å². The fraction of sp³-hybridized carbons (Fsp3) is 0.600. The molecule has 1 rings (SSSR count). The fourth-order valence-corrected chi connectivity index (χ4v) is 1.40. The molecule has 1 heterocycles. The maximum absolute atomic E-state index is 8.40. The zero-order valence-corrected chi connectivity index (χ0v) is 9.80. The van der Waals surface area contributed by atoms with Gasteiger partial charge in [0, 0.05) is 45.4 Å². The number of amidine groups is 1. The van der Waals surface area contributed by atoms with Crippen molar-refractivity contribution in [2.24, 2.45) is 17.9 Å². The number of aromatic nitrogens is 2. The minimum atomic E-state index is 0.267. The highest BCUT2D eigenvalue weighted by atomic mass is 16.4. The van der Waals surface area contributed by atoms with Crippen LogP contribution in [0.2, 0.25) is 0 Å². The number of likely N-dealkylation sites (N-methyl/N-ethyl adjacent to an activating group) is 1. The van der Waals surface area contributed by atoms with Crippen molar-refractivity contribution < 1.29 is 5.21 Å². The van der Waals surface area contributed by atoms with E-state index in [0.29, 0.717) is 6.42 Å². The molecule has 3 N–H and O–H groups in total. The third kappa shape index (κ3) is 3.90. The normalized spacial score (nSPS) is 12.3. The third-order valence-electron chi connectivity index (χ3n) is 2.52. The van der Waals surface area contributed by atoms with Crippen LogP contribution in [-0.2, 0) is 13.5 Å². The topological polar surface area (TPSA) is 79.7 Å². The Morgan fingerprint density at radius 1 is 1.62 bits per heavy atom. The first kappa shape index (κ1) is 12.5. The van der Waals surface area contributed by atoms with Crippen LogP contribution in [0.3, 0.4) is 0 Å². The minimum absolute atomic E-state index is 0.267. The number of nitrogens with two attached hydrogens (primary N) is 1. The molecule has 0 aliphatic rings. The van der Waals surface area contributed by atoms with Gasteiger partial charge < -0.3 is 20.4 Å². The number of aryl methyl sites for hydroxylation is 1. The number of imidazole rings is 1. The van der Waals surface area contributed by atoms with Gasteiger partial charge in [-0.2, -0.15) is 0 Å². The zero-order chi connectivity index (χ0) is 12.0. The predicted octanol–water partition coefficient (Wildman–Crippen LogP) is 0.0309. The van der Waals surface area contributed by atoms with Crippen molar-refractivity contribution in [2.45, 2.75) is 12.8 Å². The number of hydrogen-bond acceptors (Lipinski definition) is 4. The molecule has 90 valence electrons. The van der Waals surface area contributed by atoms with Gasteiger partial charge in [0.15, 0.2) is 0 Å². The number of nitrogens with zero attached hydrogens (tertiary/aromatic N) is 4. The molecule has 0 aromatic carbocycles. The van der Waals surface area contributed by atoms with E-state index in [1.165, 1.54) is 0 Å². The van der Waals surface area contributed by atoms with Crippen molar-refractivity contribution in [3.8, 4) is 0 Å². The van der Waals surface area contributed by atoms with Crippen molar-refractivity contribution in [2.75, 3.05) is 20.1 Å². The van der Waals surface area contributed by atoms with Gasteiger partial charge in [0.1, 0.15) is 11.7 Å². The van der Waals surface area contributed by atoms with Crippen molar-refractivity contribution >= 4 is 5.84 Å². The lowest BCUT2D eigenvalue weighted by Crippen LogP contribution is -2.27. The van der Waals surface area contributed by atoms with Gasteiger partial charge in [-0.15, -0.1) is 0 Å². The quantitative estimate of drug-likeness (QED) is 0.310. The van der Waals surface area contributed by atoms with E-state index in [2.05, 4.69) is 15.0 Å². The standard InChI is InChI=1S/C10H19N5O/c1-14(6-3-9(11)13-16)7-4-10-12-5-8-15(10)2/h5,8,16H,3-4,6-7H2,1-2H3,(H2,11,13). The Hall–Kier alpha value is -1.56. The summed E-state index contributed by atoms with van der Waals surface area (Å²) in [5.41, 5.74) is 5.39. The molecule has 0 aliphatic carbocycles. The van der Waals surface area contributed by atoms with Crippen LogP contribution in [-0.4, -0.2) is 45.6 Å². The first-order valence-electron chi connectivity index (χ1n) is 5.24. The van der Waals surface area contributed by atoms with Crippen molar-refractivity contribution in [3.05, 3.63) is 18.2 Å². The SMILES string of the molecule is CN(CC/C(N)=N/O)CCc1nccn1C. The molecule has 0 bridgehead atoms. The van der Waals surface area contributed by atoms with E-state index >= 15 is 0 Å². The molecule has 0 amide bonds. The van der Waals surface area contributed by atoms with E-state index in [0.717, 1.165) is 25.3 Å². The predicted molar refractivity (Wildman–Crippen MR) is 62.4 cm³/mol. The lowest BCUT2D eigenvalue weighted by molar-refractivity contribution is 0.311. The molecule has 0 saturated heterocycles. The fourth-order valence-electron chi connectivity index (χ4n) is 1.40. The summed E-state index contributed by atoms with van der Waals surface area (Å²) >= 11 is 0. The molecule has 0 saturated carbocycles. The Labute approximate surface area is 95.4 Å². The number of rotatable bonds is 6. The van der Waals surface area contributed by atoms with Gasteiger partial charge in [-0.05, 0) is 7.05 Å². The van der Waals surface area contributed by atoms with Gasteiger partial charge in [-0.1, -0.05) is 5.16 Å². The summed E-state index contributed by atoms with van der Waals surface area (Å²) in [5.74, 6) is 1.33. The molecule has 0 atom stereocenters. The van der Waals surface area contributed by atoms with Crippen LogP contribution in [0, 0.1) is 0 Å². The molecule has 16 heavy (non-hydrogen) atoms. The van der Waals surface area contributed by atoms with Crippen LogP contribution in [0.5, 0.6) is 0 Å². The molecular weight excluding hydrogens is 206 g/mol. The third-order valence-corrected chi connectivity index (χ3v) is 2.52. The van der Waals surface area contributed by atoms with Crippen LogP contribution >= 0.6 is 0 Å². The zero-order valence-electron chi connectivity index (χ0n) is 9.80. The molecule has 6 nitrogen and oxygen atoms in total. The average molecular weight is 225 g/mol. The molecule has 1 aromatic heterocycles. The molecule has 0 spiro atoms. The van der Waals surface area contributed by atoms with E-state index in [9.17, 15) is 0 Å². The van der Waals surface area contributed by atoms with Crippen LogP contribution in [0.1, 0.15) is 12.2 Å². The maximum Gasteiger partial charge on any atom is 0.140 e. The highest BCUT2D eigenvalue weighted by Gasteiger charge is 2.03. The molecule has 1 aromatic rings. The summed E-state index contributed by atoms with van der Waals surface area (Å²) < 4.78 is 2.01. The van der Waals surface area contributed by atoms with Crippen LogP contribution < -0.4 is 5.73 Å². The summed E-state index contributed by atoms with van der Waals surface area (Å²) in [7, 11) is 3.99. The van der Waals surface area contributed by atoms with Gasteiger partial charge in [-0.3, -0.25) is 0 Å². The van der Waals surface area contributed by atoms with Crippen molar-refractivity contribution in [1.29, 1.82) is 0 Å². The second-order valence-electron chi connectivity index (χ2n) is 3.85. The lowest BCUT2D eigenvalue weighted by Gasteiger charge is -2.15. The summed E-state index contributed by atoms with van der Waals surface area (Å²) in [4.78, 5) is 6.38. The first-order valence-corrected chi connectivity index (χ1v) is 5.24. The average Bonchev–Trinajstić information content (AvgIpc) is 2.69. The minimum Gasteiger partial charge on any atom is -0.409 e. The molecule has 0 radical (unpaired) electrons. The number of oxime groups is 1. The van der Waals surface area contributed by atoms with E-state index in [1.807, 2.05) is 24.9 Å². The van der Waals surface area contributed by atoms with Gasteiger partial charge in [0.05, 0.1) is 0 Å². The maximum atomic E-state index is 8.40. The first-order chi connectivity index (χ1) is 7.63. The highest BCUT2D eigenvalue weighted by molar-refractivity contribution is 5.79. The highest BCUT2D eigenvalue weighted by Crippen LogP contribution is 1.97. The van der Waals surface area contributed by atoms with Crippen molar-refractivity contribution in [1.82, 2.24) is 14.5 Å². The molecule has 6 heteroatoms. The Kier molecular flexibility index (Phi) is 4.78. The Morgan fingerprint density at radius 2 is 2.38 bits per heavy atom. The largest absolute Gasteiger partial charge is 0.409 e. The molecule has 0 fully saturated rings.